The SMILES string of the molecule is CC(C)CCCOC(=O)c1c(F)cccc1F. The maximum Gasteiger partial charge on any atom is 0.344 e. The third-order valence-corrected chi connectivity index (χ3v) is 2.33. The topological polar surface area (TPSA) is 26.3 Å². The molecule has 0 spiro atoms. The molecule has 1 rings (SSSR count). The lowest BCUT2D eigenvalue weighted by molar-refractivity contribution is 0.0483. The van der Waals surface area contributed by atoms with E-state index in [4.69, 9.17) is 4.74 Å². The summed E-state index contributed by atoms with van der Waals surface area (Å²) in [4.78, 5) is 11.4. The van der Waals surface area contributed by atoms with Gasteiger partial charge in [-0.25, -0.2) is 13.6 Å². The summed E-state index contributed by atoms with van der Waals surface area (Å²) in [6, 6.07) is 3.28. The van der Waals surface area contributed by atoms with Crippen LogP contribution in [-0.4, -0.2) is 12.6 Å². The molecule has 0 amide bonds. The number of benzene rings is 1. The first kappa shape index (κ1) is 13.6. The van der Waals surface area contributed by atoms with E-state index in [1.165, 1.54) is 6.07 Å². The van der Waals surface area contributed by atoms with E-state index in [1.807, 2.05) is 0 Å². The Kier molecular flexibility index (Phi) is 5.07. The van der Waals surface area contributed by atoms with Crippen molar-refractivity contribution in [1.29, 1.82) is 0 Å². The van der Waals surface area contributed by atoms with Crippen molar-refractivity contribution < 1.29 is 18.3 Å². The molecule has 0 aliphatic rings. The van der Waals surface area contributed by atoms with Crippen LogP contribution in [0.5, 0.6) is 0 Å². The molecule has 0 aliphatic heterocycles. The molecule has 0 aliphatic carbocycles. The molecule has 0 saturated heterocycles. The zero-order valence-corrected chi connectivity index (χ0v) is 10.0. The van der Waals surface area contributed by atoms with Gasteiger partial charge in [0.1, 0.15) is 17.2 Å². The fraction of sp³-hybridized carbons (Fsp3) is 0.462. The van der Waals surface area contributed by atoms with Gasteiger partial charge in [0.25, 0.3) is 0 Å². The van der Waals surface area contributed by atoms with Crippen molar-refractivity contribution in [3.8, 4) is 0 Å². The van der Waals surface area contributed by atoms with Gasteiger partial charge in [-0.15, -0.1) is 0 Å². The molecule has 0 N–H and O–H groups in total. The van der Waals surface area contributed by atoms with Gasteiger partial charge in [0.05, 0.1) is 6.61 Å². The van der Waals surface area contributed by atoms with Crippen molar-refractivity contribution in [2.75, 3.05) is 6.61 Å². The summed E-state index contributed by atoms with van der Waals surface area (Å²) in [5.41, 5.74) is -0.614. The van der Waals surface area contributed by atoms with Crippen LogP contribution in [0.15, 0.2) is 18.2 Å². The first-order valence-corrected chi connectivity index (χ1v) is 5.63. The average Bonchev–Trinajstić information content (AvgIpc) is 2.24. The molecule has 1 aromatic carbocycles. The molecule has 17 heavy (non-hydrogen) atoms. The molecule has 0 saturated carbocycles. The molecule has 2 nitrogen and oxygen atoms in total. The van der Waals surface area contributed by atoms with Crippen molar-refractivity contribution in [2.45, 2.75) is 26.7 Å². The van der Waals surface area contributed by atoms with Crippen molar-refractivity contribution >= 4 is 5.97 Å². The van der Waals surface area contributed by atoms with Gasteiger partial charge in [-0.3, -0.25) is 0 Å². The highest BCUT2D eigenvalue weighted by Gasteiger charge is 2.18. The molecule has 1 aromatic rings. The van der Waals surface area contributed by atoms with E-state index in [2.05, 4.69) is 13.8 Å². The molecule has 0 atom stereocenters. The number of hydrogen-bond acceptors (Lipinski definition) is 2. The Morgan fingerprint density at radius 1 is 1.29 bits per heavy atom. The second-order valence-electron chi connectivity index (χ2n) is 4.27. The van der Waals surface area contributed by atoms with E-state index in [-0.39, 0.29) is 6.61 Å². The molecule has 94 valence electrons. The summed E-state index contributed by atoms with van der Waals surface area (Å²) in [6.07, 6.45) is 1.60. The lowest BCUT2D eigenvalue weighted by atomic mass is 10.1. The number of rotatable bonds is 5. The van der Waals surface area contributed by atoms with Gasteiger partial charge in [0.2, 0.25) is 0 Å². The predicted molar refractivity (Wildman–Crippen MR) is 60.7 cm³/mol. The van der Waals surface area contributed by atoms with Crippen LogP contribution in [0.1, 0.15) is 37.0 Å². The zero-order valence-electron chi connectivity index (χ0n) is 10.0. The Hall–Kier alpha value is -1.45. The molecule has 0 bridgehead atoms. The van der Waals surface area contributed by atoms with Crippen LogP contribution in [-0.2, 0) is 4.74 Å². The maximum atomic E-state index is 13.2. The zero-order chi connectivity index (χ0) is 12.8. The first-order valence-electron chi connectivity index (χ1n) is 5.63. The standard InChI is InChI=1S/C13H16F2O2/c1-9(2)5-4-8-17-13(16)12-10(14)6-3-7-11(12)15/h3,6-7,9H,4-5,8H2,1-2H3. The molecule has 4 heteroatoms. The number of ether oxygens (including phenoxy) is 1. The van der Waals surface area contributed by atoms with E-state index in [1.54, 1.807) is 0 Å². The molecule has 0 radical (unpaired) electrons. The van der Waals surface area contributed by atoms with Crippen molar-refractivity contribution in [1.82, 2.24) is 0 Å². The van der Waals surface area contributed by atoms with Gasteiger partial charge in [0, 0.05) is 0 Å². The Bertz CT molecular complexity index is 369. The fourth-order valence-electron chi connectivity index (χ4n) is 1.42. The lowest BCUT2D eigenvalue weighted by Crippen LogP contribution is -2.11. The number of esters is 1. The minimum absolute atomic E-state index is 0.185. The van der Waals surface area contributed by atoms with Crippen LogP contribution >= 0.6 is 0 Å². The van der Waals surface area contributed by atoms with E-state index >= 15 is 0 Å². The molecule has 0 heterocycles. The Labute approximate surface area is 99.6 Å². The van der Waals surface area contributed by atoms with Gasteiger partial charge in [-0.2, -0.15) is 0 Å². The summed E-state index contributed by atoms with van der Waals surface area (Å²) in [5, 5.41) is 0. The number of carbonyl (C=O) groups is 1. The highest BCUT2D eigenvalue weighted by Crippen LogP contribution is 2.13. The minimum Gasteiger partial charge on any atom is -0.462 e. The summed E-state index contributed by atoms with van der Waals surface area (Å²) in [6.45, 7) is 4.29. The van der Waals surface area contributed by atoms with Crippen molar-refractivity contribution in [3.05, 3.63) is 35.4 Å². The summed E-state index contributed by atoms with van der Waals surface area (Å²) in [7, 11) is 0. The largest absolute Gasteiger partial charge is 0.462 e. The smallest absolute Gasteiger partial charge is 0.344 e. The normalized spacial score (nSPS) is 10.6. The first-order chi connectivity index (χ1) is 8.02. The van der Waals surface area contributed by atoms with Crippen LogP contribution < -0.4 is 0 Å². The molecular weight excluding hydrogens is 226 g/mol. The minimum atomic E-state index is -0.940. The fourth-order valence-corrected chi connectivity index (χ4v) is 1.42. The van der Waals surface area contributed by atoms with Gasteiger partial charge < -0.3 is 4.74 Å². The lowest BCUT2D eigenvalue weighted by Gasteiger charge is -2.07. The second kappa shape index (κ2) is 6.33. The van der Waals surface area contributed by atoms with Crippen LogP contribution in [0.4, 0.5) is 8.78 Å². The molecule has 0 aromatic heterocycles. The van der Waals surface area contributed by atoms with Crippen LogP contribution in [0.3, 0.4) is 0 Å². The maximum absolute atomic E-state index is 13.2. The number of hydrogen-bond donors (Lipinski definition) is 0. The Morgan fingerprint density at radius 3 is 2.41 bits per heavy atom. The van der Waals surface area contributed by atoms with Gasteiger partial charge in [-0.1, -0.05) is 19.9 Å². The summed E-state index contributed by atoms with van der Waals surface area (Å²) in [5.74, 6) is -2.21. The van der Waals surface area contributed by atoms with Crippen LogP contribution in [0.2, 0.25) is 0 Å². The van der Waals surface area contributed by atoms with Crippen molar-refractivity contribution in [3.63, 3.8) is 0 Å². The monoisotopic (exact) mass is 242 g/mol. The third kappa shape index (κ3) is 4.13. The van der Waals surface area contributed by atoms with E-state index < -0.39 is 23.2 Å². The third-order valence-electron chi connectivity index (χ3n) is 2.33. The Morgan fingerprint density at radius 2 is 1.88 bits per heavy atom. The highest BCUT2D eigenvalue weighted by molar-refractivity contribution is 5.89. The molecular formula is C13H16F2O2. The van der Waals surface area contributed by atoms with Crippen molar-refractivity contribution in [2.24, 2.45) is 5.92 Å². The molecule has 0 fully saturated rings. The van der Waals surface area contributed by atoms with E-state index in [9.17, 15) is 13.6 Å². The van der Waals surface area contributed by atoms with E-state index in [0.29, 0.717) is 12.3 Å². The Balaban J connectivity index is 2.53. The number of halogens is 2. The van der Waals surface area contributed by atoms with E-state index in [0.717, 1.165) is 18.6 Å². The summed E-state index contributed by atoms with van der Waals surface area (Å²) < 4.78 is 31.2. The second-order valence-corrected chi connectivity index (χ2v) is 4.27. The van der Waals surface area contributed by atoms with Crippen LogP contribution in [0, 0.1) is 17.6 Å². The van der Waals surface area contributed by atoms with Crippen LogP contribution in [0.25, 0.3) is 0 Å². The number of carbonyl (C=O) groups excluding carboxylic acids is 1. The summed E-state index contributed by atoms with van der Waals surface area (Å²) >= 11 is 0. The van der Waals surface area contributed by atoms with Gasteiger partial charge in [0.15, 0.2) is 0 Å². The quantitative estimate of drug-likeness (QED) is 0.583. The molecule has 0 unspecified atom stereocenters. The predicted octanol–water partition coefficient (Wildman–Crippen LogP) is 3.56. The van der Waals surface area contributed by atoms with Gasteiger partial charge >= 0.3 is 5.97 Å². The average molecular weight is 242 g/mol. The van der Waals surface area contributed by atoms with Gasteiger partial charge in [-0.05, 0) is 30.9 Å². The highest BCUT2D eigenvalue weighted by atomic mass is 19.1.